The van der Waals surface area contributed by atoms with Gasteiger partial charge in [-0.3, -0.25) is 9.69 Å². The van der Waals surface area contributed by atoms with Gasteiger partial charge in [-0.2, -0.15) is 4.79 Å². The van der Waals surface area contributed by atoms with Gasteiger partial charge < -0.3 is 15.3 Å². The van der Waals surface area contributed by atoms with E-state index in [9.17, 15) is 19.1 Å². The zero-order valence-corrected chi connectivity index (χ0v) is 24.9. The van der Waals surface area contributed by atoms with Crippen LogP contribution in [-0.4, -0.2) is 81.2 Å². The van der Waals surface area contributed by atoms with Gasteiger partial charge in [0.15, 0.2) is 0 Å². The average molecular weight is 554 g/mol. The highest BCUT2D eigenvalue weighted by molar-refractivity contribution is 5.83. The Labute approximate surface area is 238 Å². The quantitative estimate of drug-likeness (QED) is 0.435. The Morgan fingerprint density at radius 1 is 1.00 bits per heavy atom. The Morgan fingerprint density at radius 3 is 2.05 bits per heavy atom. The number of quaternary nitrogens is 1. The van der Waals surface area contributed by atoms with E-state index in [0.717, 1.165) is 43.7 Å². The normalized spacial score (nSPS) is 25.4. The number of benzene rings is 2. The lowest BCUT2D eigenvalue weighted by molar-refractivity contribution is -0.949. The molecule has 2 unspecified atom stereocenters. The number of rotatable bonds is 6. The minimum atomic E-state index is -0.747. The lowest BCUT2D eigenvalue weighted by Crippen LogP contribution is -2.77. The number of nitrogens with zero attached hydrogens (tertiary/aromatic N) is 3. The van der Waals surface area contributed by atoms with Crippen molar-refractivity contribution in [2.75, 3.05) is 31.5 Å². The van der Waals surface area contributed by atoms with Crippen LogP contribution in [0.1, 0.15) is 71.4 Å². The van der Waals surface area contributed by atoms with Crippen LogP contribution >= 0.6 is 0 Å². The number of halogens is 1. The van der Waals surface area contributed by atoms with Crippen molar-refractivity contribution in [3.05, 3.63) is 65.5 Å². The standard InChI is InChI=1S/C32H45FN4O3/c1-22-19-35(20-23(2)37(22,31(39)40)32(4,5)6)21-25-7-9-26(10-8-25)24(3)30(38)36-17-15-29(16-18-36)34-28-13-11-27(33)12-14-28/h7-14,22-24,29,34H,15-21H2,1-6H3/p+1/t22-,23+,24?,37?. The largest absolute Gasteiger partial charge is 0.514 e. The molecule has 7 nitrogen and oxygen atoms in total. The van der Waals surface area contributed by atoms with Gasteiger partial charge >= 0.3 is 6.09 Å². The maximum atomic E-state index is 13.3. The molecule has 2 heterocycles. The van der Waals surface area contributed by atoms with E-state index in [1.807, 2.05) is 32.6 Å². The van der Waals surface area contributed by atoms with E-state index in [0.29, 0.717) is 13.1 Å². The van der Waals surface area contributed by atoms with Gasteiger partial charge in [0.25, 0.3) is 0 Å². The molecule has 0 radical (unpaired) electrons. The Bertz CT molecular complexity index is 1160. The van der Waals surface area contributed by atoms with Gasteiger partial charge in [0, 0.05) is 31.4 Å². The third-order valence-corrected chi connectivity index (χ3v) is 9.14. The maximum absolute atomic E-state index is 13.3. The molecule has 8 heteroatoms. The molecule has 0 aromatic heterocycles. The summed E-state index contributed by atoms with van der Waals surface area (Å²) in [7, 11) is 0. The predicted molar refractivity (Wildman–Crippen MR) is 157 cm³/mol. The van der Waals surface area contributed by atoms with E-state index < -0.39 is 11.6 Å². The van der Waals surface area contributed by atoms with E-state index >= 15 is 0 Å². The zero-order chi connectivity index (χ0) is 29.2. The van der Waals surface area contributed by atoms with Gasteiger partial charge in [-0.1, -0.05) is 24.3 Å². The lowest BCUT2D eigenvalue weighted by Gasteiger charge is -2.55. The first-order chi connectivity index (χ1) is 18.8. The van der Waals surface area contributed by atoms with Gasteiger partial charge in [0.2, 0.25) is 5.91 Å². The number of carboxylic acid groups (broad SMARTS) is 1. The van der Waals surface area contributed by atoms with Crippen molar-refractivity contribution in [2.45, 2.75) is 90.5 Å². The molecule has 0 saturated carbocycles. The van der Waals surface area contributed by atoms with Crippen LogP contribution in [0.3, 0.4) is 0 Å². The zero-order valence-electron chi connectivity index (χ0n) is 24.9. The summed E-state index contributed by atoms with van der Waals surface area (Å²) in [4.78, 5) is 30.1. The first-order valence-corrected chi connectivity index (χ1v) is 14.6. The number of carbonyl (C=O) groups is 2. The fourth-order valence-corrected chi connectivity index (χ4v) is 7.24. The lowest BCUT2D eigenvalue weighted by atomic mass is 9.91. The molecule has 2 aromatic rings. The van der Waals surface area contributed by atoms with E-state index in [-0.39, 0.29) is 40.3 Å². The number of hydrogen-bond acceptors (Lipinski definition) is 4. The van der Waals surface area contributed by atoms with Crippen molar-refractivity contribution in [2.24, 2.45) is 0 Å². The van der Waals surface area contributed by atoms with Crippen LogP contribution < -0.4 is 5.32 Å². The van der Waals surface area contributed by atoms with Crippen LogP contribution in [0.5, 0.6) is 0 Å². The number of anilines is 1. The van der Waals surface area contributed by atoms with Crippen molar-refractivity contribution in [1.82, 2.24) is 9.80 Å². The molecule has 0 spiro atoms. The molecule has 2 aromatic carbocycles. The number of likely N-dealkylation sites (tertiary alicyclic amines) is 1. The number of carbonyl (C=O) groups excluding carboxylic acids is 1. The van der Waals surface area contributed by atoms with Gasteiger partial charge in [-0.25, -0.2) is 8.87 Å². The van der Waals surface area contributed by atoms with Crippen LogP contribution in [0, 0.1) is 5.82 Å². The number of amides is 2. The number of nitrogens with one attached hydrogen (secondary N) is 1. The van der Waals surface area contributed by atoms with Crippen molar-refractivity contribution in [1.29, 1.82) is 0 Å². The van der Waals surface area contributed by atoms with Crippen LogP contribution in [0.2, 0.25) is 0 Å². The molecule has 2 saturated heterocycles. The first-order valence-electron chi connectivity index (χ1n) is 14.6. The highest BCUT2D eigenvalue weighted by atomic mass is 19.1. The molecule has 218 valence electrons. The summed E-state index contributed by atoms with van der Waals surface area (Å²) >= 11 is 0. The molecular formula is C32H46FN4O3+. The van der Waals surface area contributed by atoms with Crippen molar-refractivity contribution in [3.8, 4) is 0 Å². The van der Waals surface area contributed by atoms with Crippen molar-refractivity contribution < 1.29 is 23.6 Å². The second-order valence-corrected chi connectivity index (χ2v) is 12.8. The molecule has 0 bridgehead atoms. The molecule has 0 aliphatic carbocycles. The topological polar surface area (TPSA) is 72.9 Å². The third-order valence-electron chi connectivity index (χ3n) is 9.14. The number of piperazine rings is 1. The second kappa shape index (κ2) is 11.9. The predicted octanol–water partition coefficient (Wildman–Crippen LogP) is 5.92. The van der Waals surface area contributed by atoms with E-state index in [1.165, 1.54) is 17.7 Å². The van der Waals surface area contributed by atoms with E-state index in [4.69, 9.17) is 0 Å². The summed E-state index contributed by atoms with van der Waals surface area (Å²) in [5.41, 5.74) is 2.69. The minimum absolute atomic E-state index is 0.0341. The van der Waals surface area contributed by atoms with E-state index in [2.05, 4.69) is 48.3 Å². The van der Waals surface area contributed by atoms with Crippen LogP contribution in [0.4, 0.5) is 14.9 Å². The molecule has 2 fully saturated rings. The highest BCUT2D eigenvalue weighted by Crippen LogP contribution is 2.37. The number of hydrogen-bond donors (Lipinski definition) is 2. The molecule has 2 aliphatic rings. The molecular weight excluding hydrogens is 507 g/mol. The molecule has 40 heavy (non-hydrogen) atoms. The third kappa shape index (κ3) is 6.03. The van der Waals surface area contributed by atoms with Crippen LogP contribution in [0.15, 0.2) is 48.5 Å². The molecule has 2 N–H and O–H groups in total. The molecule has 2 aliphatic heterocycles. The van der Waals surface area contributed by atoms with Gasteiger partial charge in [0.1, 0.15) is 23.4 Å². The van der Waals surface area contributed by atoms with Crippen LogP contribution in [0.25, 0.3) is 0 Å². The Kier molecular flexibility index (Phi) is 8.90. The smallest absolute Gasteiger partial charge is 0.435 e. The van der Waals surface area contributed by atoms with Gasteiger partial charge in [-0.15, -0.1) is 0 Å². The van der Waals surface area contributed by atoms with E-state index in [1.54, 1.807) is 12.1 Å². The molecule has 2 amide bonds. The second-order valence-electron chi connectivity index (χ2n) is 12.8. The average Bonchev–Trinajstić information content (AvgIpc) is 2.89. The van der Waals surface area contributed by atoms with Crippen molar-refractivity contribution in [3.63, 3.8) is 0 Å². The molecule has 4 rings (SSSR count). The summed E-state index contributed by atoms with van der Waals surface area (Å²) in [6, 6.07) is 14.9. The SMILES string of the molecule is CC(C(=O)N1CCC(Nc2ccc(F)cc2)CC1)c1ccc(CN2C[C@@H](C)[N+](C(=O)O)(C(C)(C)C)[C@@H](C)C2)cc1. The number of piperidine rings is 1. The summed E-state index contributed by atoms with van der Waals surface area (Å²) < 4.78 is 13.2. The molecule has 4 atom stereocenters. The monoisotopic (exact) mass is 553 g/mol. The summed E-state index contributed by atoms with van der Waals surface area (Å²) in [5, 5.41) is 13.7. The highest BCUT2D eigenvalue weighted by Gasteiger charge is 2.58. The first kappa shape index (κ1) is 30.0. The van der Waals surface area contributed by atoms with Crippen LogP contribution in [-0.2, 0) is 11.3 Å². The summed E-state index contributed by atoms with van der Waals surface area (Å²) in [5.74, 6) is -0.312. The minimum Gasteiger partial charge on any atom is -0.435 e. The Hall–Kier alpha value is -2.97. The van der Waals surface area contributed by atoms with Crippen molar-refractivity contribution >= 4 is 17.7 Å². The Morgan fingerprint density at radius 2 is 1.55 bits per heavy atom. The van der Waals surface area contributed by atoms with Gasteiger partial charge in [0.05, 0.1) is 19.0 Å². The summed E-state index contributed by atoms with van der Waals surface area (Å²) in [6.07, 6.45) is 0.973. The maximum Gasteiger partial charge on any atom is 0.514 e. The summed E-state index contributed by atoms with van der Waals surface area (Å²) in [6.45, 7) is 15.8. The van der Waals surface area contributed by atoms with Gasteiger partial charge in [-0.05, 0) is 89.8 Å². The Balaban J connectivity index is 1.31. The fourth-order valence-electron chi connectivity index (χ4n) is 7.24. The fraction of sp³-hybridized carbons (Fsp3) is 0.562.